The summed E-state index contributed by atoms with van der Waals surface area (Å²) in [6.45, 7) is 4.73. The van der Waals surface area contributed by atoms with Crippen molar-refractivity contribution in [2.24, 2.45) is 0 Å². The van der Waals surface area contributed by atoms with Gasteiger partial charge in [-0.25, -0.2) is 0 Å². The molecule has 2 aliphatic heterocycles. The van der Waals surface area contributed by atoms with Crippen LogP contribution in [0.15, 0.2) is 42.5 Å². The Kier molecular flexibility index (Phi) is 3.08. The SMILES string of the molecule is CC(c1ccc2c(c1)OCO2)N1CCc2ccccc2C1. The van der Waals surface area contributed by atoms with Gasteiger partial charge in [-0.1, -0.05) is 30.3 Å². The van der Waals surface area contributed by atoms with Crippen molar-refractivity contribution in [2.75, 3.05) is 13.3 Å². The lowest BCUT2D eigenvalue weighted by Gasteiger charge is -2.34. The minimum Gasteiger partial charge on any atom is -0.454 e. The first-order valence-electron chi connectivity index (χ1n) is 7.51. The van der Waals surface area contributed by atoms with Gasteiger partial charge in [-0.2, -0.15) is 0 Å². The van der Waals surface area contributed by atoms with Crippen LogP contribution in [0.5, 0.6) is 11.5 Å². The van der Waals surface area contributed by atoms with E-state index in [9.17, 15) is 0 Å². The van der Waals surface area contributed by atoms with Gasteiger partial charge in [0.2, 0.25) is 6.79 Å². The van der Waals surface area contributed by atoms with E-state index in [-0.39, 0.29) is 0 Å². The van der Waals surface area contributed by atoms with Gasteiger partial charge in [-0.05, 0) is 42.2 Å². The summed E-state index contributed by atoms with van der Waals surface area (Å²) in [6.07, 6.45) is 1.13. The van der Waals surface area contributed by atoms with E-state index >= 15 is 0 Å². The zero-order chi connectivity index (χ0) is 14.2. The maximum absolute atomic E-state index is 5.49. The molecule has 0 aromatic heterocycles. The van der Waals surface area contributed by atoms with Crippen LogP contribution in [0.4, 0.5) is 0 Å². The van der Waals surface area contributed by atoms with Gasteiger partial charge < -0.3 is 9.47 Å². The van der Waals surface area contributed by atoms with Crippen molar-refractivity contribution in [1.82, 2.24) is 4.90 Å². The Balaban J connectivity index is 1.57. The number of rotatable bonds is 2. The first-order valence-corrected chi connectivity index (χ1v) is 7.51. The van der Waals surface area contributed by atoms with Gasteiger partial charge in [0, 0.05) is 19.1 Å². The molecule has 0 saturated carbocycles. The molecule has 0 radical (unpaired) electrons. The second-order valence-corrected chi connectivity index (χ2v) is 5.78. The summed E-state index contributed by atoms with van der Waals surface area (Å²) < 4.78 is 10.9. The summed E-state index contributed by atoms with van der Waals surface area (Å²) in [5, 5.41) is 0. The molecule has 4 rings (SSSR count). The lowest BCUT2D eigenvalue weighted by atomic mass is 9.97. The van der Waals surface area contributed by atoms with Crippen molar-refractivity contribution in [3.63, 3.8) is 0 Å². The Bertz CT molecular complexity index is 668. The number of fused-ring (bicyclic) bond motifs is 2. The van der Waals surface area contributed by atoms with Gasteiger partial charge in [0.15, 0.2) is 11.5 Å². The monoisotopic (exact) mass is 281 g/mol. The normalized spacial score (nSPS) is 18.3. The van der Waals surface area contributed by atoms with Gasteiger partial charge in [0.1, 0.15) is 0 Å². The molecule has 0 saturated heterocycles. The molecule has 0 N–H and O–H groups in total. The summed E-state index contributed by atoms with van der Waals surface area (Å²) in [7, 11) is 0. The van der Waals surface area contributed by atoms with Crippen LogP contribution in [0.3, 0.4) is 0 Å². The average molecular weight is 281 g/mol. The van der Waals surface area contributed by atoms with Crippen molar-refractivity contribution in [3.8, 4) is 11.5 Å². The fraction of sp³-hybridized carbons (Fsp3) is 0.333. The Hall–Kier alpha value is -2.00. The highest BCUT2D eigenvalue weighted by Crippen LogP contribution is 2.36. The topological polar surface area (TPSA) is 21.7 Å². The van der Waals surface area contributed by atoms with Gasteiger partial charge in [-0.15, -0.1) is 0 Å². The Labute approximate surface area is 125 Å². The molecule has 1 atom stereocenters. The first-order chi connectivity index (χ1) is 10.3. The molecule has 0 aliphatic carbocycles. The molecule has 0 fully saturated rings. The number of benzene rings is 2. The highest BCUT2D eigenvalue weighted by Gasteiger charge is 2.23. The molecule has 21 heavy (non-hydrogen) atoms. The average Bonchev–Trinajstić information content (AvgIpc) is 3.01. The second kappa shape index (κ2) is 5.08. The molecule has 3 heteroatoms. The largest absolute Gasteiger partial charge is 0.454 e. The van der Waals surface area contributed by atoms with Gasteiger partial charge >= 0.3 is 0 Å². The molecule has 2 heterocycles. The number of hydrogen-bond acceptors (Lipinski definition) is 3. The van der Waals surface area contributed by atoms with Gasteiger partial charge in [0.05, 0.1) is 0 Å². The molecule has 3 nitrogen and oxygen atoms in total. The number of ether oxygens (including phenoxy) is 2. The van der Waals surface area contributed by atoms with Crippen molar-refractivity contribution >= 4 is 0 Å². The lowest BCUT2D eigenvalue weighted by molar-refractivity contribution is 0.173. The highest BCUT2D eigenvalue weighted by atomic mass is 16.7. The lowest BCUT2D eigenvalue weighted by Crippen LogP contribution is -2.32. The number of nitrogens with zero attached hydrogens (tertiary/aromatic N) is 1. The van der Waals surface area contributed by atoms with Crippen molar-refractivity contribution in [3.05, 3.63) is 59.2 Å². The van der Waals surface area contributed by atoms with Crippen molar-refractivity contribution < 1.29 is 9.47 Å². The van der Waals surface area contributed by atoms with Crippen LogP contribution in [0.25, 0.3) is 0 Å². The smallest absolute Gasteiger partial charge is 0.231 e. The van der Waals surface area contributed by atoms with E-state index in [4.69, 9.17) is 9.47 Å². The molecule has 0 spiro atoms. The summed E-state index contributed by atoms with van der Waals surface area (Å²) >= 11 is 0. The molecule has 2 aromatic rings. The van der Waals surface area contributed by atoms with E-state index in [1.54, 1.807) is 0 Å². The third-order valence-corrected chi connectivity index (χ3v) is 4.59. The van der Waals surface area contributed by atoms with Crippen LogP contribution in [-0.4, -0.2) is 18.2 Å². The maximum atomic E-state index is 5.49. The van der Waals surface area contributed by atoms with E-state index in [0.717, 1.165) is 31.0 Å². The highest BCUT2D eigenvalue weighted by molar-refractivity contribution is 5.45. The fourth-order valence-electron chi connectivity index (χ4n) is 3.23. The van der Waals surface area contributed by atoms with E-state index in [2.05, 4.69) is 48.2 Å². The zero-order valence-corrected chi connectivity index (χ0v) is 12.2. The quantitative estimate of drug-likeness (QED) is 0.840. The molecule has 2 aromatic carbocycles. The van der Waals surface area contributed by atoms with Crippen molar-refractivity contribution in [2.45, 2.75) is 25.9 Å². The minimum absolute atomic E-state index is 0.338. The van der Waals surface area contributed by atoms with Crippen LogP contribution in [0, 0.1) is 0 Å². The van der Waals surface area contributed by atoms with E-state index < -0.39 is 0 Å². The molecule has 0 bridgehead atoms. The molecule has 1 unspecified atom stereocenters. The van der Waals surface area contributed by atoms with E-state index in [1.807, 2.05) is 6.07 Å². The summed E-state index contributed by atoms with van der Waals surface area (Å²) in [5.74, 6) is 1.73. The van der Waals surface area contributed by atoms with Crippen LogP contribution in [0.1, 0.15) is 29.7 Å². The van der Waals surface area contributed by atoms with E-state index in [0.29, 0.717) is 12.8 Å². The summed E-state index contributed by atoms with van der Waals surface area (Å²) in [6, 6.07) is 15.4. The van der Waals surface area contributed by atoms with E-state index in [1.165, 1.54) is 16.7 Å². The maximum Gasteiger partial charge on any atom is 0.231 e. The molecule has 2 aliphatic rings. The zero-order valence-electron chi connectivity index (χ0n) is 12.2. The summed E-state index contributed by atoms with van der Waals surface area (Å²) in [5.41, 5.74) is 4.24. The Morgan fingerprint density at radius 2 is 1.81 bits per heavy atom. The van der Waals surface area contributed by atoms with Crippen molar-refractivity contribution in [1.29, 1.82) is 0 Å². The van der Waals surface area contributed by atoms with Crippen LogP contribution in [-0.2, 0) is 13.0 Å². The minimum atomic E-state index is 0.338. The predicted molar refractivity (Wildman–Crippen MR) is 81.5 cm³/mol. The predicted octanol–water partition coefficient (Wildman–Crippen LogP) is 3.53. The Morgan fingerprint density at radius 1 is 1.00 bits per heavy atom. The first kappa shape index (κ1) is 12.7. The molecule has 0 amide bonds. The van der Waals surface area contributed by atoms with Gasteiger partial charge in [-0.3, -0.25) is 4.90 Å². The Morgan fingerprint density at radius 3 is 2.71 bits per heavy atom. The molecular formula is C18H19NO2. The third-order valence-electron chi connectivity index (χ3n) is 4.59. The molecular weight excluding hydrogens is 262 g/mol. The standard InChI is InChI=1S/C18H19NO2/c1-13(15-6-7-17-18(10-15)21-12-20-17)19-9-8-14-4-2-3-5-16(14)11-19/h2-7,10,13H,8-9,11-12H2,1H3. The third kappa shape index (κ3) is 2.28. The van der Waals surface area contributed by atoms with Crippen LogP contribution >= 0.6 is 0 Å². The summed E-state index contributed by atoms with van der Waals surface area (Å²) in [4.78, 5) is 2.53. The number of hydrogen-bond donors (Lipinski definition) is 0. The van der Waals surface area contributed by atoms with Gasteiger partial charge in [0.25, 0.3) is 0 Å². The van der Waals surface area contributed by atoms with Crippen LogP contribution < -0.4 is 9.47 Å². The second-order valence-electron chi connectivity index (χ2n) is 5.78. The van der Waals surface area contributed by atoms with Crippen LogP contribution in [0.2, 0.25) is 0 Å². The fourth-order valence-corrected chi connectivity index (χ4v) is 3.23. The molecule has 108 valence electrons.